The van der Waals surface area contributed by atoms with Crippen molar-refractivity contribution in [1.82, 2.24) is 0 Å². The molecule has 0 spiro atoms. The fourth-order valence-corrected chi connectivity index (χ4v) is 0.461. The number of aliphatic hydroxyl groups is 1. The van der Waals surface area contributed by atoms with Gasteiger partial charge in [0, 0.05) is 5.56 Å². The molecule has 3 heteroatoms. The second-order valence-electron chi connectivity index (χ2n) is 1.49. The molecule has 1 N–H and O–H groups in total. The molecule has 0 aliphatic rings. The summed E-state index contributed by atoms with van der Waals surface area (Å²) in [7, 11) is 0. The van der Waals surface area contributed by atoms with Crippen LogP contribution in [0.25, 0.3) is 0 Å². The molecular weight excluding hydrogens is 138 g/mol. The Morgan fingerprint density at radius 3 is 2.40 bits per heavy atom. The van der Waals surface area contributed by atoms with E-state index in [1.807, 2.05) is 0 Å². The van der Waals surface area contributed by atoms with Gasteiger partial charge in [-0.3, -0.25) is 0 Å². The van der Waals surface area contributed by atoms with Gasteiger partial charge in [0.15, 0.2) is 0 Å². The summed E-state index contributed by atoms with van der Waals surface area (Å²) in [6, 6.07) is -3.22. The summed E-state index contributed by atoms with van der Waals surface area (Å²) in [5.41, 5.74) is -1.41. The van der Waals surface area contributed by atoms with Crippen molar-refractivity contribution in [2.75, 3.05) is 0 Å². The van der Waals surface area contributed by atoms with Crippen LogP contribution < -0.4 is 0 Å². The van der Waals surface area contributed by atoms with Gasteiger partial charge in [-0.25, -0.2) is 8.78 Å². The van der Waals surface area contributed by atoms with E-state index >= 15 is 0 Å². The van der Waals surface area contributed by atoms with Gasteiger partial charge < -0.3 is 5.11 Å². The summed E-state index contributed by atoms with van der Waals surface area (Å²) in [4.78, 5) is 0. The first kappa shape index (κ1) is 2.96. The maximum Gasteiger partial charge on any atom is 0.131 e. The van der Waals surface area contributed by atoms with Crippen LogP contribution in [0.4, 0.5) is 8.78 Å². The summed E-state index contributed by atoms with van der Waals surface area (Å²) < 4.78 is 60.7. The van der Waals surface area contributed by atoms with Crippen LogP contribution in [-0.2, 0) is 6.56 Å². The van der Waals surface area contributed by atoms with E-state index in [4.69, 9.17) is 12.0 Å². The normalized spacial score (nSPS) is 18.5. The van der Waals surface area contributed by atoms with Crippen molar-refractivity contribution in [3.05, 3.63) is 35.3 Å². The summed E-state index contributed by atoms with van der Waals surface area (Å²) in [6.07, 6.45) is 0. The Bertz CT molecular complexity index is 386. The maximum atomic E-state index is 13.2. The average molecular weight is 149 g/mol. The molecule has 0 saturated carbocycles. The van der Waals surface area contributed by atoms with Gasteiger partial charge in [-0.2, -0.15) is 0 Å². The van der Waals surface area contributed by atoms with Crippen molar-refractivity contribution < 1.29 is 20.7 Å². The molecule has 1 aromatic carbocycles. The topological polar surface area (TPSA) is 20.2 Å². The van der Waals surface area contributed by atoms with Crippen molar-refractivity contribution in [1.29, 1.82) is 0 Å². The molecule has 0 fully saturated rings. The predicted molar refractivity (Wildman–Crippen MR) is 32.3 cm³/mol. The second kappa shape index (κ2) is 2.75. The molecule has 0 bridgehead atoms. The highest BCUT2D eigenvalue weighted by molar-refractivity contribution is 5.18. The molecule has 0 atom stereocenters. The molecule has 0 aromatic heterocycles. The highest BCUT2D eigenvalue weighted by Crippen LogP contribution is 2.10. The molecule has 0 unspecified atom stereocenters. The first-order valence-electron chi connectivity index (χ1n) is 4.85. The minimum absolute atomic E-state index is 0.988. The van der Waals surface area contributed by atoms with Gasteiger partial charge in [0.2, 0.25) is 0 Å². The maximum absolute atomic E-state index is 13.2. The van der Waals surface area contributed by atoms with Crippen molar-refractivity contribution >= 4 is 0 Å². The zero-order valence-electron chi connectivity index (χ0n) is 9.70. The van der Waals surface area contributed by atoms with Gasteiger partial charge in [0.25, 0.3) is 0 Å². The van der Waals surface area contributed by atoms with Gasteiger partial charge in [-0.1, -0.05) is 6.04 Å². The van der Waals surface area contributed by atoms with Crippen molar-refractivity contribution in [2.45, 2.75) is 6.56 Å². The molecule has 0 saturated heterocycles. The van der Waals surface area contributed by atoms with Crippen LogP contribution in [0.3, 0.4) is 0 Å². The molecule has 1 aromatic rings. The first-order valence-corrected chi connectivity index (χ1v) is 2.35. The number of halogens is 2. The van der Waals surface area contributed by atoms with Crippen LogP contribution in [-0.4, -0.2) is 5.11 Å². The van der Waals surface area contributed by atoms with Crippen LogP contribution in [0.5, 0.6) is 0 Å². The van der Waals surface area contributed by atoms with E-state index in [0.717, 1.165) is 0 Å². The van der Waals surface area contributed by atoms with Gasteiger partial charge in [0.05, 0.1) is 13.4 Å². The summed E-state index contributed by atoms with van der Waals surface area (Å²) >= 11 is 0. The minimum Gasteiger partial charge on any atom is -0.391 e. The number of benzene rings is 1. The van der Waals surface area contributed by atoms with E-state index in [-0.39, 0.29) is 0 Å². The molecule has 0 aliphatic carbocycles. The SMILES string of the molecule is [2H]c1c([2H])c(F)c(C([2H])([2H])O)c(F)c1[2H]. The monoisotopic (exact) mass is 149 g/mol. The summed E-state index contributed by atoms with van der Waals surface area (Å²) in [5, 5.41) is 8.82. The Morgan fingerprint density at radius 1 is 1.50 bits per heavy atom. The van der Waals surface area contributed by atoms with E-state index in [9.17, 15) is 8.78 Å². The highest BCUT2D eigenvalue weighted by Gasteiger charge is 2.04. The molecule has 10 heavy (non-hydrogen) atoms. The largest absolute Gasteiger partial charge is 0.391 e. The van der Waals surface area contributed by atoms with Crippen molar-refractivity contribution in [2.24, 2.45) is 0 Å². The number of rotatable bonds is 1. The Labute approximate surface area is 63.9 Å². The summed E-state index contributed by atoms with van der Waals surface area (Å²) in [6.45, 7) is -3.33. The molecule has 0 amide bonds. The van der Waals surface area contributed by atoms with Crippen LogP contribution >= 0.6 is 0 Å². The quantitative estimate of drug-likeness (QED) is 0.640. The molecular formula is C7H6F2O. The van der Waals surface area contributed by atoms with E-state index in [0.29, 0.717) is 0 Å². The van der Waals surface area contributed by atoms with Crippen molar-refractivity contribution in [3.63, 3.8) is 0 Å². The Kier molecular flexibility index (Phi) is 0.815. The minimum atomic E-state index is -3.33. The lowest BCUT2D eigenvalue weighted by atomic mass is 10.2. The van der Waals surface area contributed by atoms with E-state index in [1.165, 1.54) is 0 Å². The van der Waals surface area contributed by atoms with Gasteiger partial charge >= 0.3 is 0 Å². The summed E-state index contributed by atoms with van der Waals surface area (Å²) in [5.74, 6) is -3.33. The average Bonchev–Trinajstić information content (AvgIpc) is 2.09. The van der Waals surface area contributed by atoms with E-state index < -0.39 is 41.9 Å². The van der Waals surface area contributed by atoms with Crippen molar-refractivity contribution in [3.8, 4) is 0 Å². The predicted octanol–water partition coefficient (Wildman–Crippen LogP) is 1.46. The first-order chi connectivity index (χ1) is 6.68. The van der Waals surface area contributed by atoms with Crippen LogP contribution in [0.1, 0.15) is 12.4 Å². The smallest absolute Gasteiger partial charge is 0.131 e. The third kappa shape index (κ3) is 1.14. The van der Waals surface area contributed by atoms with Crippen LogP contribution in [0.2, 0.25) is 0 Å². The van der Waals surface area contributed by atoms with E-state index in [1.54, 1.807) is 0 Å². The molecule has 0 heterocycles. The fraction of sp³-hybridized carbons (Fsp3) is 0.143. The van der Waals surface area contributed by atoms with Gasteiger partial charge in [-0.05, 0) is 12.1 Å². The lowest BCUT2D eigenvalue weighted by molar-refractivity contribution is 0.269. The number of hydrogen-bond donors (Lipinski definition) is 1. The zero-order valence-corrected chi connectivity index (χ0v) is 4.70. The molecule has 1 rings (SSSR count). The number of hydrogen-bond acceptors (Lipinski definition) is 1. The molecule has 0 aliphatic heterocycles. The second-order valence-corrected chi connectivity index (χ2v) is 1.49. The third-order valence-corrected chi connectivity index (χ3v) is 0.895. The lowest BCUT2D eigenvalue weighted by Crippen LogP contribution is -1.93. The fourth-order valence-electron chi connectivity index (χ4n) is 0.461. The van der Waals surface area contributed by atoms with Crippen LogP contribution in [0, 0.1) is 11.6 Å². The third-order valence-electron chi connectivity index (χ3n) is 0.895. The Balaban J connectivity index is 3.68. The van der Waals surface area contributed by atoms with Crippen LogP contribution in [0.15, 0.2) is 18.1 Å². The van der Waals surface area contributed by atoms with Gasteiger partial charge in [-0.15, -0.1) is 0 Å². The van der Waals surface area contributed by atoms with E-state index in [2.05, 4.69) is 0 Å². The lowest BCUT2D eigenvalue weighted by Gasteiger charge is -1.97. The Hall–Kier alpha value is -0.960. The highest BCUT2D eigenvalue weighted by atomic mass is 19.1. The molecule has 54 valence electrons. The van der Waals surface area contributed by atoms with Gasteiger partial charge in [0.1, 0.15) is 11.6 Å². The molecule has 0 radical (unpaired) electrons. The Morgan fingerprint density at radius 2 is 2.00 bits per heavy atom. The molecule has 1 nitrogen and oxygen atoms in total. The zero-order chi connectivity index (χ0) is 12.0. The standard InChI is InChI=1S/C7H6F2O/c8-6-2-1-3-7(9)5(6)4-10/h1-3,10H,4H2/i1D,2D,3D,4D2.